The molecule has 0 radical (unpaired) electrons. The van der Waals surface area contributed by atoms with E-state index in [-0.39, 0.29) is 11.8 Å². The number of carbonyl (C=O) groups excluding carboxylic acids is 1. The third-order valence-corrected chi connectivity index (χ3v) is 7.41. The Balaban J connectivity index is 1.13. The Labute approximate surface area is 186 Å². The van der Waals surface area contributed by atoms with Crippen LogP contribution < -0.4 is 15.0 Å². The number of ether oxygens (including phenoxy) is 1. The van der Waals surface area contributed by atoms with E-state index in [1.54, 1.807) is 11.3 Å². The van der Waals surface area contributed by atoms with Crippen molar-refractivity contribution in [1.29, 1.82) is 0 Å². The molecule has 3 aliphatic heterocycles. The molecule has 3 saturated heterocycles. The van der Waals surface area contributed by atoms with Gasteiger partial charge in [-0.3, -0.25) is 4.79 Å². The number of nitrogens with one attached hydrogen (secondary N) is 2. The van der Waals surface area contributed by atoms with Gasteiger partial charge in [0.25, 0.3) is 0 Å². The Morgan fingerprint density at radius 3 is 2.94 bits per heavy atom. The van der Waals surface area contributed by atoms with Gasteiger partial charge in [0.05, 0.1) is 38.3 Å². The van der Waals surface area contributed by atoms with Gasteiger partial charge in [-0.15, -0.1) is 16.4 Å². The van der Waals surface area contributed by atoms with Crippen molar-refractivity contribution in [3.05, 3.63) is 64.6 Å². The molecule has 3 fully saturated rings. The summed E-state index contributed by atoms with van der Waals surface area (Å²) in [6, 6.07) is 14.3. The van der Waals surface area contributed by atoms with Crippen molar-refractivity contribution < 1.29 is 14.4 Å². The fraction of sp³-hybridized carbons (Fsp3) is 0.435. The number of piperidine rings is 3. The first-order chi connectivity index (χ1) is 15.2. The third kappa shape index (κ3) is 4.80. The van der Waals surface area contributed by atoms with Gasteiger partial charge < -0.3 is 15.0 Å². The second-order valence-corrected chi connectivity index (χ2v) is 9.56. The average Bonchev–Trinajstić information content (AvgIpc) is 3.49. The zero-order valence-electron chi connectivity index (χ0n) is 17.4. The lowest BCUT2D eigenvalue weighted by Gasteiger charge is -2.46. The van der Waals surface area contributed by atoms with Gasteiger partial charge >= 0.3 is 0 Å². The van der Waals surface area contributed by atoms with Crippen molar-refractivity contribution in [3.8, 4) is 5.75 Å². The van der Waals surface area contributed by atoms with Crippen LogP contribution in [0.5, 0.6) is 5.75 Å². The van der Waals surface area contributed by atoms with Crippen LogP contribution in [0.3, 0.4) is 0 Å². The lowest BCUT2D eigenvalue weighted by atomic mass is 9.75. The van der Waals surface area contributed by atoms with Crippen molar-refractivity contribution in [3.63, 3.8) is 0 Å². The van der Waals surface area contributed by atoms with Crippen LogP contribution in [0.4, 0.5) is 0 Å². The highest BCUT2D eigenvalue weighted by atomic mass is 32.1. The molecule has 3 aromatic rings. The number of hydrogen-bond acceptors (Lipinski definition) is 5. The number of nitrogens with zero attached hydrogens (tertiary/aromatic N) is 3. The minimum absolute atomic E-state index is 0.130. The molecule has 31 heavy (non-hydrogen) atoms. The Morgan fingerprint density at radius 2 is 2.16 bits per heavy atom. The number of carbonyl (C=O) groups is 1. The Hall–Kier alpha value is -2.71. The molecule has 162 valence electrons. The molecular formula is C23H28N5O2S+. The first kappa shape index (κ1) is 20.2. The predicted octanol–water partition coefficient (Wildman–Crippen LogP) is 1.53. The maximum absolute atomic E-state index is 12.8. The predicted molar refractivity (Wildman–Crippen MR) is 118 cm³/mol. The molecule has 2 aromatic heterocycles. The van der Waals surface area contributed by atoms with Crippen LogP contribution in [0.25, 0.3) is 0 Å². The number of quaternary nitrogens is 1. The molecular weight excluding hydrogens is 410 g/mol. The van der Waals surface area contributed by atoms with Gasteiger partial charge in [0, 0.05) is 17.7 Å². The molecule has 6 rings (SSSR count). The fourth-order valence-corrected chi connectivity index (χ4v) is 5.58. The van der Waals surface area contributed by atoms with Crippen molar-refractivity contribution in [2.24, 2.45) is 11.8 Å². The molecule has 8 heteroatoms. The molecule has 5 heterocycles. The second-order valence-electron chi connectivity index (χ2n) is 8.53. The normalized spacial score (nSPS) is 24.8. The first-order valence-electron chi connectivity index (χ1n) is 11.0. The highest BCUT2D eigenvalue weighted by Crippen LogP contribution is 2.28. The van der Waals surface area contributed by atoms with Crippen molar-refractivity contribution >= 4 is 17.2 Å². The van der Waals surface area contributed by atoms with E-state index in [0.29, 0.717) is 25.1 Å². The van der Waals surface area contributed by atoms with E-state index < -0.39 is 0 Å². The number of amides is 1. The highest BCUT2D eigenvalue weighted by Gasteiger charge is 2.46. The summed E-state index contributed by atoms with van der Waals surface area (Å²) in [7, 11) is 0. The van der Waals surface area contributed by atoms with Gasteiger partial charge in [0.1, 0.15) is 24.1 Å². The van der Waals surface area contributed by atoms with Crippen LogP contribution in [0, 0.1) is 11.8 Å². The standard InChI is InChI=1S/C23H27N5O2S/c29-23(24-12-21-7-4-10-31-21)22-15-27-9-8-17(22)11-19(27)14-28-13-18(25-26-28)16-30-20-5-2-1-3-6-20/h1-7,10,13,17,19,22H,8-9,11-12,14-16H2,(H,24,29)/p+1/t17-,19+,22-/m0/s1. The topological polar surface area (TPSA) is 73.5 Å². The summed E-state index contributed by atoms with van der Waals surface area (Å²) in [5, 5.41) is 13.8. The van der Waals surface area contributed by atoms with Crippen molar-refractivity contribution in [2.75, 3.05) is 13.1 Å². The monoisotopic (exact) mass is 438 g/mol. The lowest BCUT2D eigenvalue weighted by Crippen LogP contribution is -3.20. The molecule has 0 aliphatic carbocycles. The van der Waals surface area contributed by atoms with E-state index in [2.05, 4.69) is 21.7 Å². The zero-order valence-corrected chi connectivity index (χ0v) is 18.3. The van der Waals surface area contributed by atoms with Gasteiger partial charge in [0.15, 0.2) is 0 Å². The van der Waals surface area contributed by atoms with Gasteiger partial charge in [0.2, 0.25) is 5.91 Å². The summed E-state index contributed by atoms with van der Waals surface area (Å²) < 4.78 is 7.71. The Morgan fingerprint density at radius 1 is 1.26 bits per heavy atom. The van der Waals surface area contributed by atoms with Crippen LogP contribution in [0.2, 0.25) is 0 Å². The van der Waals surface area contributed by atoms with E-state index >= 15 is 0 Å². The molecule has 1 amide bonds. The molecule has 1 unspecified atom stereocenters. The van der Waals surface area contributed by atoms with E-state index in [1.807, 2.05) is 52.7 Å². The summed E-state index contributed by atoms with van der Waals surface area (Å²) in [5.74, 6) is 1.65. The molecule has 1 aromatic carbocycles. The number of fused-ring (bicyclic) bond motifs is 3. The molecule has 2 N–H and O–H groups in total. The number of benzene rings is 1. The van der Waals surface area contributed by atoms with Crippen LogP contribution in [0.15, 0.2) is 54.0 Å². The second kappa shape index (κ2) is 9.20. The van der Waals surface area contributed by atoms with Crippen molar-refractivity contribution in [2.45, 2.75) is 38.6 Å². The smallest absolute Gasteiger partial charge is 0.229 e. The van der Waals surface area contributed by atoms with E-state index in [1.165, 1.54) is 9.78 Å². The molecule has 0 spiro atoms. The highest BCUT2D eigenvalue weighted by molar-refractivity contribution is 7.09. The average molecular weight is 439 g/mol. The van der Waals surface area contributed by atoms with Crippen LogP contribution in [-0.4, -0.2) is 40.0 Å². The number of thiophene rings is 1. The summed E-state index contributed by atoms with van der Waals surface area (Å²) in [6.45, 7) is 3.96. The first-order valence-corrected chi connectivity index (χ1v) is 11.8. The number of rotatable bonds is 8. The third-order valence-electron chi connectivity index (χ3n) is 6.53. The SMILES string of the molecule is O=C(NCc1cccs1)[C@H]1C[NH+]2CC[C@H]1C[C@@H]2Cn1cc(COc2ccccc2)nn1. The van der Waals surface area contributed by atoms with E-state index in [9.17, 15) is 4.79 Å². The minimum Gasteiger partial charge on any atom is -0.487 e. The maximum atomic E-state index is 12.8. The molecule has 2 bridgehead atoms. The number of hydrogen-bond donors (Lipinski definition) is 2. The van der Waals surface area contributed by atoms with Crippen LogP contribution >= 0.6 is 11.3 Å². The van der Waals surface area contributed by atoms with E-state index in [4.69, 9.17) is 4.74 Å². The zero-order chi connectivity index (χ0) is 21.0. The van der Waals surface area contributed by atoms with Gasteiger partial charge in [-0.25, -0.2) is 4.68 Å². The molecule has 0 saturated carbocycles. The molecule has 4 atom stereocenters. The van der Waals surface area contributed by atoms with Crippen LogP contribution in [0.1, 0.15) is 23.4 Å². The van der Waals surface area contributed by atoms with Gasteiger partial charge in [-0.2, -0.15) is 0 Å². The Bertz CT molecular complexity index is 991. The van der Waals surface area contributed by atoms with E-state index in [0.717, 1.165) is 43.9 Å². The summed E-state index contributed by atoms with van der Waals surface area (Å²) in [5.41, 5.74) is 0.834. The minimum atomic E-state index is 0.130. The summed E-state index contributed by atoms with van der Waals surface area (Å²) in [6.07, 6.45) is 4.19. The molecule has 7 nitrogen and oxygen atoms in total. The van der Waals surface area contributed by atoms with Crippen molar-refractivity contribution in [1.82, 2.24) is 20.3 Å². The van der Waals surface area contributed by atoms with Crippen LogP contribution in [-0.2, 0) is 24.5 Å². The fourth-order valence-electron chi connectivity index (χ4n) is 4.93. The largest absolute Gasteiger partial charge is 0.487 e. The lowest BCUT2D eigenvalue weighted by molar-refractivity contribution is -0.945. The number of para-hydroxylation sites is 1. The van der Waals surface area contributed by atoms with Gasteiger partial charge in [-0.1, -0.05) is 29.5 Å². The molecule has 3 aliphatic rings. The summed E-state index contributed by atoms with van der Waals surface area (Å²) >= 11 is 1.69. The number of aromatic nitrogens is 3. The Kier molecular flexibility index (Phi) is 5.99. The summed E-state index contributed by atoms with van der Waals surface area (Å²) in [4.78, 5) is 15.5. The maximum Gasteiger partial charge on any atom is 0.229 e. The quantitative estimate of drug-likeness (QED) is 0.560. The van der Waals surface area contributed by atoms with Gasteiger partial charge in [-0.05, 0) is 29.5 Å².